The van der Waals surface area contributed by atoms with E-state index < -0.39 is 12.0 Å². The van der Waals surface area contributed by atoms with E-state index in [4.69, 9.17) is 15.1 Å². The third kappa shape index (κ3) is 4.44. The molecule has 0 aliphatic rings. The highest BCUT2D eigenvalue weighted by Gasteiger charge is 2.16. The highest BCUT2D eigenvalue weighted by atomic mass is 16.5. The summed E-state index contributed by atoms with van der Waals surface area (Å²) in [7, 11) is 1.59. The summed E-state index contributed by atoms with van der Waals surface area (Å²) in [5.74, 6) is -0.893. The SMILES string of the molecule is COCCCC(Nc1ccc(C#N)cc1)C(=O)O. The van der Waals surface area contributed by atoms with E-state index in [1.54, 1.807) is 31.4 Å². The Hall–Kier alpha value is -2.06. The van der Waals surface area contributed by atoms with Crippen molar-refractivity contribution in [3.05, 3.63) is 29.8 Å². The Balaban J connectivity index is 2.59. The fourth-order valence-electron chi connectivity index (χ4n) is 1.53. The topological polar surface area (TPSA) is 82.3 Å². The van der Waals surface area contributed by atoms with Gasteiger partial charge in [-0.2, -0.15) is 5.26 Å². The number of hydrogen-bond donors (Lipinski definition) is 2. The van der Waals surface area contributed by atoms with Crippen molar-refractivity contribution in [1.82, 2.24) is 0 Å². The van der Waals surface area contributed by atoms with E-state index in [0.29, 0.717) is 30.7 Å². The summed E-state index contributed by atoms with van der Waals surface area (Å²) in [6.07, 6.45) is 1.17. The number of carbonyl (C=O) groups is 1. The number of aliphatic carboxylic acids is 1. The average Bonchev–Trinajstić information content (AvgIpc) is 2.38. The fraction of sp³-hybridized carbons (Fsp3) is 0.385. The molecule has 1 aromatic carbocycles. The summed E-state index contributed by atoms with van der Waals surface area (Å²) in [5.41, 5.74) is 1.24. The van der Waals surface area contributed by atoms with Crippen LogP contribution in [-0.4, -0.2) is 30.8 Å². The molecule has 0 saturated carbocycles. The maximum Gasteiger partial charge on any atom is 0.326 e. The van der Waals surface area contributed by atoms with Gasteiger partial charge in [-0.05, 0) is 37.1 Å². The van der Waals surface area contributed by atoms with Crippen molar-refractivity contribution in [2.75, 3.05) is 19.0 Å². The smallest absolute Gasteiger partial charge is 0.326 e. The lowest BCUT2D eigenvalue weighted by molar-refractivity contribution is -0.138. The molecule has 0 radical (unpaired) electrons. The van der Waals surface area contributed by atoms with Gasteiger partial charge < -0.3 is 15.2 Å². The Morgan fingerprint density at radius 1 is 1.50 bits per heavy atom. The van der Waals surface area contributed by atoms with Crippen LogP contribution in [0.4, 0.5) is 5.69 Å². The van der Waals surface area contributed by atoms with E-state index in [2.05, 4.69) is 5.32 Å². The number of anilines is 1. The summed E-state index contributed by atoms with van der Waals surface area (Å²) < 4.78 is 4.90. The standard InChI is InChI=1S/C13H16N2O3/c1-18-8-2-3-12(13(16)17)15-11-6-4-10(9-14)5-7-11/h4-7,12,15H,2-3,8H2,1H3,(H,16,17). The van der Waals surface area contributed by atoms with Crippen LogP contribution in [0.3, 0.4) is 0 Å². The summed E-state index contributed by atoms with van der Waals surface area (Å²) in [6, 6.07) is 8.06. The van der Waals surface area contributed by atoms with E-state index in [1.165, 1.54) is 0 Å². The summed E-state index contributed by atoms with van der Waals surface area (Å²) in [4.78, 5) is 11.1. The number of nitrogens with one attached hydrogen (secondary N) is 1. The molecule has 1 aromatic rings. The molecule has 0 spiro atoms. The largest absolute Gasteiger partial charge is 0.480 e. The van der Waals surface area contributed by atoms with Gasteiger partial charge in [0.05, 0.1) is 11.6 Å². The predicted molar refractivity (Wildman–Crippen MR) is 67.3 cm³/mol. The molecular weight excluding hydrogens is 232 g/mol. The van der Waals surface area contributed by atoms with E-state index in [1.807, 2.05) is 6.07 Å². The van der Waals surface area contributed by atoms with Gasteiger partial charge >= 0.3 is 5.97 Å². The van der Waals surface area contributed by atoms with E-state index in [-0.39, 0.29) is 0 Å². The molecule has 96 valence electrons. The number of hydrogen-bond acceptors (Lipinski definition) is 4. The molecule has 2 N–H and O–H groups in total. The third-order valence-electron chi connectivity index (χ3n) is 2.49. The Morgan fingerprint density at radius 3 is 2.67 bits per heavy atom. The average molecular weight is 248 g/mol. The lowest BCUT2D eigenvalue weighted by Crippen LogP contribution is -2.29. The van der Waals surface area contributed by atoms with E-state index >= 15 is 0 Å². The van der Waals surface area contributed by atoms with Gasteiger partial charge in [-0.25, -0.2) is 4.79 Å². The zero-order chi connectivity index (χ0) is 13.4. The van der Waals surface area contributed by atoms with Gasteiger partial charge in [-0.15, -0.1) is 0 Å². The van der Waals surface area contributed by atoms with Gasteiger partial charge in [0.25, 0.3) is 0 Å². The van der Waals surface area contributed by atoms with Crippen molar-refractivity contribution in [2.24, 2.45) is 0 Å². The molecule has 0 aromatic heterocycles. The second-order valence-electron chi connectivity index (χ2n) is 3.86. The van der Waals surface area contributed by atoms with Crippen molar-refractivity contribution in [3.63, 3.8) is 0 Å². The van der Waals surface area contributed by atoms with E-state index in [9.17, 15) is 4.79 Å². The number of nitrogens with zero attached hydrogens (tertiary/aromatic N) is 1. The monoisotopic (exact) mass is 248 g/mol. The van der Waals surface area contributed by atoms with Crippen LogP contribution >= 0.6 is 0 Å². The van der Waals surface area contributed by atoms with Crippen LogP contribution in [0.1, 0.15) is 18.4 Å². The van der Waals surface area contributed by atoms with Crippen molar-refractivity contribution in [2.45, 2.75) is 18.9 Å². The molecule has 0 aliphatic heterocycles. The second kappa shape index (κ2) is 7.30. The van der Waals surface area contributed by atoms with Crippen molar-refractivity contribution < 1.29 is 14.6 Å². The molecule has 0 bridgehead atoms. The first kappa shape index (κ1) is 14.0. The first-order valence-electron chi connectivity index (χ1n) is 5.66. The molecule has 1 unspecified atom stereocenters. The molecule has 18 heavy (non-hydrogen) atoms. The molecular formula is C13H16N2O3. The van der Waals surface area contributed by atoms with Crippen LogP contribution in [0, 0.1) is 11.3 Å². The van der Waals surface area contributed by atoms with Gasteiger partial charge in [0.1, 0.15) is 6.04 Å². The molecule has 5 nitrogen and oxygen atoms in total. The van der Waals surface area contributed by atoms with Crippen molar-refractivity contribution in [3.8, 4) is 6.07 Å². The summed E-state index contributed by atoms with van der Waals surface area (Å²) in [5, 5.41) is 20.7. The molecule has 0 fully saturated rings. The van der Waals surface area contributed by atoms with Gasteiger partial charge in [-0.3, -0.25) is 0 Å². The Labute approximate surface area is 106 Å². The highest BCUT2D eigenvalue weighted by Crippen LogP contribution is 2.12. The minimum atomic E-state index is -0.893. The molecule has 0 heterocycles. The van der Waals surface area contributed by atoms with Gasteiger partial charge in [-0.1, -0.05) is 0 Å². The Kier molecular flexibility index (Phi) is 5.68. The minimum Gasteiger partial charge on any atom is -0.480 e. The number of methoxy groups -OCH3 is 1. The number of carboxylic acid groups (broad SMARTS) is 1. The lowest BCUT2D eigenvalue weighted by Gasteiger charge is -2.15. The zero-order valence-corrected chi connectivity index (χ0v) is 10.2. The summed E-state index contributed by atoms with van der Waals surface area (Å²) >= 11 is 0. The first-order chi connectivity index (χ1) is 8.67. The minimum absolute atomic E-state index is 0.489. The quantitative estimate of drug-likeness (QED) is 0.719. The van der Waals surface area contributed by atoms with Crippen LogP contribution in [-0.2, 0) is 9.53 Å². The molecule has 1 atom stereocenters. The van der Waals surface area contributed by atoms with Crippen molar-refractivity contribution in [1.29, 1.82) is 5.26 Å². The van der Waals surface area contributed by atoms with E-state index in [0.717, 1.165) is 0 Å². The van der Waals surface area contributed by atoms with Gasteiger partial charge in [0.2, 0.25) is 0 Å². The molecule has 0 aliphatic carbocycles. The normalized spacial score (nSPS) is 11.6. The van der Waals surface area contributed by atoms with Crippen LogP contribution in [0.25, 0.3) is 0 Å². The second-order valence-corrected chi connectivity index (χ2v) is 3.86. The maximum atomic E-state index is 11.1. The zero-order valence-electron chi connectivity index (χ0n) is 10.2. The molecule has 5 heteroatoms. The molecule has 1 rings (SSSR count). The number of benzene rings is 1. The van der Waals surface area contributed by atoms with Crippen LogP contribution < -0.4 is 5.32 Å². The predicted octanol–water partition coefficient (Wildman–Crippen LogP) is 1.85. The molecule has 0 saturated heterocycles. The third-order valence-corrected chi connectivity index (χ3v) is 2.49. The number of rotatable bonds is 7. The Bertz CT molecular complexity index is 423. The van der Waals surface area contributed by atoms with Crippen LogP contribution in [0.15, 0.2) is 24.3 Å². The maximum absolute atomic E-state index is 11.1. The van der Waals surface area contributed by atoms with Crippen LogP contribution in [0.5, 0.6) is 0 Å². The highest BCUT2D eigenvalue weighted by molar-refractivity contribution is 5.77. The Morgan fingerprint density at radius 2 is 2.17 bits per heavy atom. The van der Waals surface area contributed by atoms with Crippen molar-refractivity contribution >= 4 is 11.7 Å². The first-order valence-corrected chi connectivity index (χ1v) is 5.66. The number of carboxylic acids is 1. The van der Waals surface area contributed by atoms with Gasteiger partial charge in [0.15, 0.2) is 0 Å². The molecule has 0 amide bonds. The summed E-state index contributed by atoms with van der Waals surface area (Å²) in [6.45, 7) is 0.541. The van der Waals surface area contributed by atoms with Crippen LogP contribution in [0.2, 0.25) is 0 Å². The number of nitriles is 1. The lowest BCUT2D eigenvalue weighted by atomic mass is 10.1. The van der Waals surface area contributed by atoms with Gasteiger partial charge in [0, 0.05) is 19.4 Å². The number of ether oxygens (including phenoxy) is 1. The fourth-order valence-corrected chi connectivity index (χ4v) is 1.53.